The molecule has 0 spiro atoms. The summed E-state index contributed by atoms with van der Waals surface area (Å²) in [4.78, 5) is 0. The summed E-state index contributed by atoms with van der Waals surface area (Å²) in [5, 5.41) is 3.84. The Morgan fingerprint density at radius 1 is 1.33 bits per heavy atom. The largest absolute Gasteiger partial charge is 0.310 e. The molecule has 1 nitrogen and oxygen atoms in total. The maximum absolute atomic E-state index is 12.8. The Morgan fingerprint density at radius 2 is 2.00 bits per heavy atom. The Kier molecular flexibility index (Phi) is 4.55. The fraction of sp³-hybridized carbons (Fsp3) is 0.500. The molecule has 15 heavy (non-hydrogen) atoms. The summed E-state index contributed by atoms with van der Waals surface area (Å²) >= 11 is 5.96. The van der Waals surface area contributed by atoms with E-state index in [9.17, 15) is 4.39 Å². The minimum Gasteiger partial charge on any atom is -0.310 e. The minimum absolute atomic E-state index is 0.153. The zero-order valence-electron chi connectivity index (χ0n) is 9.35. The van der Waals surface area contributed by atoms with Crippen molar-refractivity contribution in [3.63, 3.8) is 0 Å². The SMILES string of the molecule is CC(C)CNC(C)c1ccc(F)cc1Cl. The quantitative estimate of drug-likeness (QED) is 0.829. The molecule has 0 saturated carbocycles. The first-order valence-electron chi connectivity index (χ1n) is 5.19. The van der Waals surface area contributed by atoms with Crippen LogP contribution >= 0.6 is 11.6 Å². The third-order valence-corrected chi connectivity index (χ3v) is 2.59. The van der Waals surface area contributed by atoms with Crippen LogP contribution in [0.1, 0.15) is 32.4 Å². The van der Waals surface area contributed by atoms with E-state index in [-0.39, 0.29) is 11.9 Å². The van der Waals surface area contributed by atoms with Gasteiger partial charge in [0.25, 0.3) is 0 Å². The van der Waals surface area contributed by atoms with Crippen LogP contribution in [0.4, 0.5) is 4.39 Å². The zero-order valence-corrected chi connectivity index (χ0v) is 10.1. The molecular weight excluding hydrogens is 213 g/mol. The number of rotatable bonds is 4. The second kappa shape index (κ2) is 5.47. The van der Waals surface area contributed by atoms with E-state index in [1.165, 1.54) is 12.1 Å². The molecule has 3 heteroatoms. The van der Waals surface area contributed by atoms with Gasteiger partial charge in [0.2, 0.25) is 0 Å². The standard InChI is InChI=1S/C12H17ClFN/c1-8(2)7-15-9(3)11-5-4-10(14)6-12(11)13/h4-6,8-9,15H,7H2,1-3H3. The minimum atomic E-state index is -0.292. The molecule has 1 aromatic carbocycles. The van der Waals surface area contributed by atoms with E-state index in [0.717, 1.165) is 12.1 Å². The second-order valence-corrected chi connectivity index (χ2v) is 4.60. The molecule has 0 aromatic heterocycles. The fourth-order valence-electron chi connectivity index (χ4n) is 1.38. The smallest absolute Gasteiger partial charge is 0.124 e. The van der Waals surface area contributed by atoms with Gasteiger partial charge in [0, 0.05) is 11.1 Å². The molecule has 0 saturated heterocycles. The van der Waals surface area contributed by atoms with Crippen molar-refractivity contribution in [1.82, 2.24) is 5.32 Å². The third-order valence-electron chi connectivity index (χ3n) is 2.26. The summed E-state index contributed by atoms with van der Waals surface area (Å²) in [6.45, 7) is 7.24. The summed E-state index contributed by atoms with van der Waals surface area (Å²) in [5.41, 5.74) is 0.943. The molecule has 1 rings (SSSR count). The lowest BCUT2D eigenvalue weighted by molar-refractivity contribution is 0.496. The van der Waals surface area contributed by atoms with Gasteiger partial charge in [-0.05, 0) is 37.1 Å². The first-order chi connectivity index (χ1) is 7.00. The lowest BCUT2D eigenvalue weighted by atomic mass is 10.1. The van der Waals surface area contributed by atoms with E-state index in [1.54, 1.807) is 6.07 Å². The van der Waals surface area contributed by atoms with Gasteiger partial charge in [-0.15, -0.1) is 0 Å². The summed E-state index contributed by atoms with van der Waals surface area (Å²) < 4.78 is 12.8. The van der Waals surface area contributed by atoms with Crippen LogP contribution in [0.15, 0.2) is 18.2 Å². The molecule has 0 aliphatic carbocycles. The van der Waals surface area contributed by atoms with Gasteiger partial charge >= 0.3 is 0 Å². The van der Waals surface area contributed by atoms with Crippen LogP contribution in [-0.2, 0) is 0 Å². The molecule has 0 amide bonds. The van der Waals surface area contributed by atoms with E-state index in [1.807, 2.05) is 6.92 Å². The van der Waals surface area contributed by atoms with E-state index < -0.39 is 0 Å². The Hall–Kier alpha value is -0.600. The predicted octanol–water partition coefficient (Wildman–Crippen LogP) is 3.79. The van der Waals surface area contributed by atoms with Gasteiger partial charge in [-0.2, -0.15) is 0 Å². The highest BCUT2D eigenvalue weighted by Gasteiger charge is 2.09. The van der Waals surface area contributed by atoms with Crippen molar-refractivity contribution in [3.05, 3.63) is 34.6 Å². The molecular formula is C12H17ClFN. The zero-order chi connectivity index (χ0) is 11.4. The van der Waals surface area contributed by atoms with Gasteiger partial charge in [-0.25, -0.2) is 4.39 Å². The van der Waals surface area contributed by atoms with Gasteiger partial charge in [0.15, 0.2) is 0 Å². The summed E-state index contributed by atoms with van der Waals surface area (Å²) in [5.74, 6) is 0.298. The highest BCUT2D eigenvalue weighted by molar-refractivity contribution is 6.31. The normalized spacial score (nSPS) is 13.2. The van der Waals surface area contributed by atoms with Crippen molar-refractivity contribution < 1.29 is 4.39 Å². The first kappa shape index (κ1) is 12.5. The molecule has 84 valence electrons. The molecule has 0 fully saturated rings. The van der Waals surface area contributed by atoms with Crippen LogP contribution in [0, 0.1) is 11.7 Å². The van der Waals surface area contributed by atoms with Gasteiger partial charge in [0.05, 0.1) is 0 Å². The topological polar surface area (TPSA) is 12.0 Å². The molecule has 0 bridgehead atoms. The molecule has 0 heterocycles. The lowest BCUT2D eigenvalue weighted by Gasteiger charge is -2.17. The van der Waals surface area contributed by atoms with Crippen LogP contribution in [0.3, 0.4) is 0 Å². The summed E-state index contributed by atoms with van der Waals surface area (Å²) in [6.07, 6.45) is 0. The van der Waals surface area contributed by atoms with E-state index in [0.29, 0.717) is 10.9 Å². The van der Waals surface area contributed by atoms with Crippen molar-refractivity contribution >= 4 is 11.6 Å². The van der Waals surface area contributed by atoms with E-state index >= 15 is 0 Å². The predicted molar refractivity (Wildman–Crippen MR) is 62.7 cm³/mol. The Morgan fingerprint density at radius 3 is 2.53 bits per heavy atom. The second-order valence-electron chi connectivity index (χ2n) is 4.19. The van der Waals surface area contributed by atoms with Crippen LogP contribution in [0.25, 0.3) is 0 Å². The number of nitrogens with one attached hydrogen (secondary N) is 1. The molecule has 1 atom stereocenters. The van der Waals surface area contributed by atoms with Crippen molar-refractivity contribution in [2.45, 2.75) is 26.8 Å². The molecule has 0 aliphatic heterocycles. The van der Waals surface area contributed by atoms with Crippen molar-refractivity contribution in [2.75, 3.05) is 6.54 Å². The first-order valence-corrected chi connectivity index (χ1v) is 5.57. The van der Waals surface area contributed by atoms with Crippen molar-refractivity contribution in [3.8, 4) is 0 Å². The maximum Gasteiger partial charge on any atom is 0.124 e. The van der Waals surface area contributed by atoms with Crippen LogP contribution in [-0.4, -0.2) is 6.54 Å². The Bertz CT molecular complexity index is 325. The molecule has 0 aliphatic rings. The number of halogens is 2. The Labute approximate surface area is 95.6 Å². The fourth-order valence-corrected chi connectivity index (χ4v) is 1.71. The highest BCUT2D eigenvalue weighted by Crippen LogP contribution is 2.23. The van der Waals surface area contributed by atoms with Gasteiger partial charge < -0.3 is 5.32 Å². The van der Waals surface area contributed by atoms with E-state index in [4.69, 9.17) is 11.6 Å². The third kappa shape index (κ3) is 3.80. The van der Waals surface area contributed by atoms with Gasteiger partial charge in [-0.3, -0.25) is 0 Å². The van der Waals surface area contributed by atoms with Crippen molar-refractivity contribution in [1.29, 1.82) is 0 Å². The van der Waals surface area contributed by atoms with Gasteiger partial charge in [-0.1, -0.05) is 31.5 Å². The van der Waals surface area contributed by atoms with E-state index in [2.05, 4.69) is 19.2 Å². The summed E-state index contributed by atoms with van der Waals surface area (Å²) in [6, 6.07) is 4.68. The van der Waals surface area contributed by atoms with Crippen LogP contribution in [0.2, 0.25) is 5.02 Å². The molecule has 1 N–H and O–H groups in total. The van der Waals surface area contributed by atoms with Crippen LogP contribution < -0.4 is 5.32 Å². The molecule has 0 radical (unpaired) electrons. The number of hydrogen-bond acceptors (Lipinski definition) is 1. The molecule has 1 unspecified atom stereocenters. The average Bonchev–Trinajstić information content (AvgIpc) is 2.14. The highest BCUT2D eigenvalue weighted by atomic mass is 35.5. The number of hydrogen-bond donors (Lipinski definition) is 1. The van der Waals surface area contributed by atoms with Crippen molar-refractivity contribution in [2.24, 2.45) is 5.92 Å². The van der Waals surface area contributed by atoms with Gasteiger partial charge in [0.1, 0.15) is 5.82 Å². The average molecular weight is 230 g/mol. The monoisotopic (exact) mass is 229 g/mol. The lowest BCUT2D eigenvalue weighted by Crippen LogP contribution is -2.23. The number of benzene rings is 1. The maximum atomic E-state index is 12.8. The van der Waals surface area contributed by atoms with Crippen LogP contribution in [0.5, 0.6) is 0 Å². The Balaban J connectivity index is 2.69. The summed E-state index contributed by atoms with van der Waals surface area (Å²) in [7, 11) is 0. The molecule has 1 aromatic rings.